The number of hydrogen-bond acceptors (Lipinski definition) is 3. The first-order valence-electron chi connectivity index (χ1n) is 7.49. The van der Waals surface area contributed by atoms with Crippen LogP contribution in [0.25, 0.3) is 0 Å². The van der Waals surface area contributed by atoms with Gasteiger partial charge in [-0.25, -0.2) is 0 Å². The molecule has 1 N–H and O–H groups in total. The lowest BCUT2D eigenvalue weighted by atomic mass is 9.88. The van der Waals surface area contributed by atoms with E-state index in [1.54, 1.807) is 0 Å². The van der Waals surface area contributed by atoms with Crippen LogP contribution in [0.1, 0.15) is 40.0 Å². The molecule has 1 aliphatic rings. The third kappa shape index (κ3) is 5.22. The van der Waals surface area contributed by atoms with Crippen molar-refractivity contribution in [1.82, 2.24) is 10.2 Å². The molecule has 1 heterocycles. The molecule has 3 nitrogen and oxygen atoms in total. The first-order chi connectivity index (χ1) is 9.36. The first-order valence-corrected chi connectivity index (χ1v) is 7.49. The predicted octanol–water partition coefficient (Wildman–Crippen LogP) is 2.81. The molecule has 1 saturated heterocycles. The second-order valence-corrected chi connectivity index (χ2v) is 5.57. The van der Waals surface area contributed by atoms with Crippen LogP contribution >= 0.6 is 0 Å². The molecule has 1 atom stereocenters. The maximum Gasteiger partial charge on any atom is 0.411 e. The Kier molecular flexibility index (Phi) is 6.75. The molecule has 0 saturated carbocycles. The molecule has 1 fully saturated rings. The summed E-state index contributed by atoms with van der Waals surface area (Å²) >= 11 is 0. The van der Waals surface area contributed by atoms with Gasteiger partial charge >= 0.3 is 6.18 Å². The molecule has 0 aromatic heterocycles. The zero-order valence-corrected chi connectivity index (χ0v) is 12.7. The molecule has 0 radical (unpaired) electrons. The molecule has 0 bridgehead atoms. The number of rotatable bonds is 7. The Labute approximate surface area is 119 Å². The summed E-state index contributed by atoms with van der Waals surface area (Å²) in [6.45, 7) is 7.76. The van der Waals surface area contributed by atoms with Gasteiger partial charge in [-0.2, -0.15) is 13.2 Å². The molecule has 0 amide bonds. The lowest BCUT2D eigenvalue weighted by Crippen LogP contribution is -2.64. The Morgan fingerprint density at radius 1 is 1.25 bits per heavy atom. The van der Waals surface area contributed by atoms with Crippen LogP contribution in [-0.2, 0) is 4.74 Å². The van der Waals surface area contributed by atoms with E-state index in [1.165, 1.54) is 0 Å². The maximum atomic E-state index is 12.0. The number of hydrogen-bond donors (Lipinski definition) is 1. The molecule has 120 valence electrons. The van der Waals surface area contributed by atoms with Crippen LogP contribution in [0, 0.1) is 0 Å². The zero-order valence-electron chi connectivity index (χ0n) is 12.7. The van der Waals surface area contributed by atoms with Gasteiger partial charge in [0.1, 0.15) is 6.61 Å². The fourth-order valence-corrected chi connectivity index (χ4v) is 2.79. The van der Waals surface area contributed by atoms with E-state index in [2.05, 4.69) is 31.0 Å². The SMILES string of the molecule is CCC1CNC(CC)(CC)CN1CCOCC(F)(F)F. The van der Waals surface area contributed by atoms with Crippen LogP contribution in [0.2, 0.25) is 0 Å². The highest BCUT2D eigenvalue weighted by Crippen LogP contribution is 2.23. The molecule has 1 aliphatic heterocycles. The van der Waals surface area contributed by atoms with Crippen LogP contribution in [-0.4, -0.2) is 55.5 Å². The van der Waals surface area contributed by atoms with Gasteiger partial charge in [-0.15, -0.1) is 0 Å². The lowest BCUT2D eigenvalue weighted by Gasteiger charge is -2.47. The summed E-state index contributed by atoms with van der Waals surface area (Å²) in [5.41, 5.74) is 0.0930. The van der Waals surface area contributed by atoms with Crippen molar-refractivity contribution < 1.29 is 17.9 Å². The van der Waals surface area contributed by atoms with Crippen molar-refractivity contribution in [3.63, 3.8) is 0 Å². The van der Waals surface area contributed by atoms with Gasteiger partial charge in [0, 0.05) is 31.2 Å². The van der Waals surface area contributed by atoms with Gasteiger partial charge in [-0.3, -0.25) is 4.90 Å². The molecule has 6 heteroatoms. The van der Waals surface area contributed by atoms with Crippen molar-refractivity contribution in [3.8, 4) is 0 Å². The average molecular weight is 296 g/mol. The van der Waals surface area contributed by atoms with Gasteiger partial charge in [0.25, 0.3) is 0 Å². The minimum absolute atomic E-state index is 0.0930. The van der Waals surface area contributed by atoms with E-state index in [-0.39, 0.29) is 12.1 Å². The molecule has 0 aromatic carbocycles. The Hall–Kier alpha value is -0.330. The number of nitrogens with zero attached hydrogens (tertiary/aromatic N) is 1. The monoisotopic (exact) mass is 296 g/mol. The molecule has 0 aliphatic carbocycles. The van der Waals surface area contributed by atoms with Crippen LogP contribution in [0.15, 0.2) is 0 Å². The second kappa shape index (κ2) is 7.61. The van der Waals surface area contributed by atoms with Crippen LogP contribution in [0.5, 0.6) is 0 Å². The predicted molar refractivity (Wildman–Crippen MR) is 73.8 cm³/mol. The summed E-state index contributed by atoms with van der Waals surface area (Å²) in [6, 6.07) is 0.385. The van der Waals surface area contributed by atoms with E-state index in [4.69, 9.17) is 4.74 Å². The Morgan fingerprint density at radius 3 is 2.40 bits per heavy atom. The van der Waals surface area contributed by atoms with Crippen molar-refractivity contribution in [2.24, 2.45) is 0 Å². The normalized spacial score (nSPS) is 24.0. The second-order valence-electron chi connectivity index (χ2n) is 5.57. The van der Waals surface area contributed by atoms with Crippen molar-refractivity contribution in [2.75, 3.05) is 32.8 Å². The molecular weight excluding hydrogens is 269 g/mol. The molecule has 1 unspecified atom stereocenters. The lowest BCUT2D eigenvalue weighted by molar-refractivity contribution is -0.175. The fraction of sp³-hybridized carbons (Fsp3) is 1.00. The number of nitrogens with one attached hydrogen (secondary N) is 1. The fourth-order valence-electron chi connectivity index (χ4n) is 2.79. The minimum atomic E-state index is -4.23. The summed E-state index contributed by atoms with van der Waals surface area (Å²) in [4.78, 5) is 2.28. The molecule has 20 heavy (non-hydrogen) atoms. The van der Waals surface area contributed by atoms with Gasteiger partial charge in [0.15, 0.2) is 0 Å². The van der Waals surface area contributed by atoms with Crippen LogP contribution < -0.4 is 5.32 Å². The molecular formula is C14H27F3N2O. The summed E-state index contributed by atoms with van der Waals surface area (Å²) in [6.07, 6.45) is -1.18. The third-order valence-electron chi connectivity index (χ3n) is 4.35. The highest BCUT2D eigenvalue weighted by Gasteiger charge is 2.36. The first kappa shape index (κ1) is 17.7. The van der Waals surface area contributed by atoms with Crippen LogP contribution in [0.3, 0.4) is 0 Å². The topological polar surface area (TPSA) is 24.5 Å². The van der Waals surface area contributed by atoms with Crippen molar-refractivity contribution in [1.29, 1.82) is 0 Å². The molecule has 0 aromatic rings. The molecule has 1 rings (SSSR count). The van der Waals surface area contributed by atoms with E-state index in [9.17, 15) is 13.2 Å². The van der Waals surface area contributed by atoms with E-state index >= 15 is 0 Å². The van der Waals surface area contributed by atoms with Crippen molar-refractivity contribution in [3.05, 3.63) is 0 Å². The van der Waals surface area contributed by atoms with Gasteiger partial charge < -0.3 is 10.1 Å². The van der Waals surface area contributed by atoms with Gasteiger partial charge in [-0.05, 0) is 19.3 Å². The van der Waals surface area contributed by atoms with E-state index in [0.29, 0.717) is 12.6 Å². The van der Waals surface area contributed by atoms with E-state index in [0.717, 1.165) is 32.4 Å². The number of alkyl halides is 3. The Balaban J connectivity index is 2.46. The number of piperazine rings is 1. The Bertz CT molecular complexity index is 280. The van der Waals surface area contributed by atoms with Crippen molar-refractivity contribution >= 4 is 0 Å². The average Bonchev–Trinajstić information content (AvgIpc) is 2.42. The van der Waals surface area contributed by atoms with Crippen LogP contribution in [0.4, 0.5) is 13.2 Å². The van der Waals surface area contributed by atoms with E-state index in [1.807, 2.05) is 0 Å². The highest BCUT2D eigenvalue weighted by molar-refractivity contribution is 4.96. The number of ether oxygens (including phenoxy) is 1. The maximum absolute atomic E-state index is 12.0. The van der Waals surface area contributed by atoms with Gasteiger partial charge in [0.05, 0.1) is 6.61 Å². The molecule has 0 spiro atoms. The Morgan fingerprint density at radius 2 is 1.90 bits per heavy atom. The number of halogens is 3. The largest absolute Gasteiger partial charge is 0.411 e. The standard InChI is InChI=1S/C14H27F3N2O/c1-4-12-9-18-13(5-2,6-3)10-19(12)7-8-20-11-14(15,16)17/h12,18H,4-11H2,1-3H3. The quantitative estimate of drug-likeness (QED) is 0.731. The summed E-state index contributed by atoms with van der Waals surface area (Å²) in [7, 11) is 0. The van der Waals surface area contributed by atoms with Gasteiger partial charge in [0.2, 0.25) is 0 Å². The highest BCUT2D eigenvalue weighted by atomic mass is 19.4. The smallest absolute Gasteiger partial charge is 0.371 e. The summed E-state index contributed by atoms with van der Waals surface area (Å²) in [5, 5.41) is 3.62. The van der Waals surface area contributed by atoms with E-state index < -0.39 is 12.8 Å². The summed E-state index contributed by atoms with van der Waals surface area (Å²) < 4.78 is 40.9. The zero-order chi connectivity index (χ0) is 15.2. The summed E-state index contributed by atoms with van der Waals surface area (Å²) in [5.74, 6) is 0. The third-order valence-corrected chi connectivity index (χ3v) is 4.35. The minimum Gasteiger partial charge on any atom is -0.371 e. The van der Waals surface area contributed by atoms with Gasteiger partial charge in [-0.1, -0.05) is 20.8 Å². The van der Waals surface area contributed by atoms with Crippen molar-refractivity contribution in [2.45, 2.75) is 57.8 Å².